The van der Waals surface area contributed by atoms with Crippen LogP contribution in [0.1, 0.15) is 16.8 Å². The molecule has 5 rings (SSSR count). The molecule has 0 atom stereocenters. The number of aromatic nitrogens is 1. The number of carbonyl (C=O) groups is 1. The summed E-state index contributed by atoms with van der Waals surface area (Å²) in [7, 11) is 3.91. The molecule has 0 fully saturated rings. The minimum atomic E-state index is -0.697. The Balaban J connectivity index is 0.00000289. The van der Waals surface area contributed by atoms with Crippen molar-refractivity contribution in [1.82, 2.24) is 9.88 Å². The highest BCUT2D eigenvalue weighted by Gasteiger charge is 2.25. The molecule has 0 aliphatic carbocycles. The lowest BCUT2D eigenvalue weighted by Gasteiger charge is -2.20. The Labute approximate surface area is 211 Å². The van der Waals surface area contributed by atoms with Crippen molar-refractivity contribution in [3.63, 3.8) is 0 Å². The standard InChI is InChI=1S/C26H22FN3O3S.ClH/c1-29(2)12-5-13-30(26-28-21-10-9-17(27)14-23(21)34-26)24(31)20-15-19-18-7-4-3-6-16(18)8-11-22(19)33-25(20)32;/h3-4,6-11,14-15H,5,12-13H2,1-2H3;1H. The van der Waals surface area contributed by atoms with Crippen LogP contribution in [0.15, 0.2) is 69.9 Å². The number of amides is 1. The van der Waals surface area contributed by atoms with E-state index in [0.29, 0.717) is 39.3 Å². The molecule has 0 unspecified atom stereocenters. The van der Waals surface area contributed by atoms with Gasteiger partial charge < -0.3 is 9.32 Å². The Morgan fingerprint density at radius 3 is 2.63 bits per heavy atom. The fourth-order valence-electron chi connectivity index (χ4n) is 4.00. The molecule has 180 valence electrons. The summed E-state index contributed by atoms with van der Waals surface area (Å²) >= 11 is 1.22. The molecule has 0 saturated carbocycles. The lowest BCUT2D eigenvalue weighted by Crippen LogP contribution is -2.36. The minimum Gasteiger partial charge on any atom is -0.422 e. The number of thiazole rings is 1. The Kier molecular flexibility index (Phi) is 7.16. The fraction of sp³-hybridized carbons (Fsp3) is 0.192. The largest absolute Gasteiger partial charge is 0.422 e. The molecule has 0 saturated heterocycles. The maximum atomic E-state index is 13.7. The van der Waals surface area contributed by atoms with Crippen LogP contribution in [-0.2, 0) is 0 Å². The van der Waals surface area contributed by atoms with E-state index in [1.165, 1.54) is 28.4 Å². The first-order valence-electron chi connectivity index (χ1n) is 10.9. The number of anilines is 1. The first kappa shape index (κ1) is 24.8. The molecule has 0 radical (unpaired) electrons. The van der Waals surface area contributed by atoms with Crippen LogP contribution in [0.5, 0.6) is 0 Å². The van der Waals surface area contributed by atoms with Crippen LogP contribution in [0.25, 0.3) is 32.0 Å². The zero-order valence-electron chi connectivity index (χ0n) is 19.2. The number of nitrogens with zero attached hydrogens (tertiary/aromatic N) is 3. The normalized spacial score (nSPS) is 11.3. The van der Waals surface area contributed by atoms with E-state index in [4.69, 9.17) is 4.42 Å². The zero-order valence-corrected chi connectivity index (χ0v) is 20.8. The third kappa shape index (κ3) is 4.91. The first-order valence-corrected chi connectivity index (χ1v) is 11.7. The fourth-order valence-corrected chi connectivity index (χ4v) is 5.01. The van der Waals surface area contributed by atoms with Crippen molar-refractivity contribution in [3.8, 4) is 0 Å². The number of hydrogen-bond acceptors (Lipinski definition) is 6. The molecule has 0 bridgehead atoms. The van der Waals surface area contributed by atoms with E-state index in [0.717, 1.165) is 17.3 Å². The van der Waals surface area contributed by atoms with Crippen molar-refractivity contribution >= 4 is 66.7 Å². The monoisotopic (exact) mass is 511 g/mol. The van der Waals surface area contributed by atoms with Gasteiger partial charge in [-0.05, 0) is 68.2 Å². The molecule has 1 amide bonds. The Morgan fingerprint density at radius 1 is 1.03 bits per heavy atom. The highest BCUT2D eigenvalue weighted by atomic mass is 35.5. The second-order valence-corrected chi connectivity index (χ2v) is 9.38. The number of halogens is 2. The molecule has 6 nitrogen and oxygen atoms in total. The van der Waals surface area contributed by atoms with Crippen molar-refractivity contribution in [2.75, 3.05) is 32.1 Å². The van der Waals surface area contributed by atoms with Gasteiger partial charge in [-0.15, -0.1) is 12.4 Å². The van der Waals surface area contributed by atoms with Crippen LogP contribution >= 0.6 is 23.7 Å². The van der Waals surface area contributed by atoms with Gasteiger partial charge in [-0.25, -0.2) is 14.2 Å². The molecular weight excluding hydrogens is 489 g/mol. The van der Waals surface area contributed by atoms with Crippen LogP contribution in [0.4, 0.5) is 9.52 Å². The molecule has 9 heteroatoms. The number of carbonyl (C=O) groups excluding carboxylic acids is 1. The Hall–Kier alpha value is -3.33. The molecule has 2 aromatic heterocycles. The molecule has 2 heterocycles. The number of benzene rings is 3. The maximum absolute atomic E-state index is 13.7. The van der Waals surface area contributed by atoms with Crippen LogP contribution < -0.4 is 10.5 Å². The second-order valence-electron chi connectivity index (χ2n) is 8.37. The summed E-state index contributed by atoms with van der Waals surface area (Å²) in [5.74, 6) is -0.850. The molecule has 0 aliphatic heterocycles. The summed E-state index contributed by atoms with van der Waals surface area (Å²) < 4.78 is 19.9. The number of hydrogen-bond donors (Lipinski definition) is 0. The first-order chi connectivity index (χ1) is 16.4. The SMILES string of the molecule is CN(C)CCCN(C(=O)c1cc2c(ccc3ccccc32)oc1=O)c1nc2ccc(F)cc2s1.Cl. The highest BCUT2D eigenvalue weighted by molar-refractivity contribution is 7.22. The van der Waals surface area contributed by atoms with E-state index >= 15 is 0 Å². The molecule has 0 N–H and O–H groups in total. The van der Waals surface area contributed by atoms with Gasteiger partial charge in [0.25, 0.3) is 5.91 Å². The van der Waals surface area contributed by atoms with E-state index in [9.17, 15) is 14.0 Å². The van der Waals surface area contributed by atoms with Gasteiger partial charge in [0.2, 0.25) is 0 Å². The van der Waals surface area contributed by atoms with Crippen LogP contribution in [-0.4, -0.2) is 43.0 Å². The smallest absolute Gasteiger partial charge is 0.349 e. The van der Waals surface area contributed by atoms with E-state index in [-0.39, 0.29) is 23.8 Å². The molecule has 35 heavy (non-hydrogen) atoms. The van der Waals surface area contributed by atoms with Gasteiger partial charge in [-0.1, -0.05) is 41.7 Å². The van der Waals surface area contributed by atoms with E-state index < -0.39 is 11.5 Å². The molecule has 0 aliphatic rings. The van der Waals surface area contributed by atoms with Gasteiger partial charge in [0, 0.05) is 11.9 Å². The third-order valence-electron chi connectivity index (χ3n) is 5.67. The summed E-state index contributed by atoms with van der Waals surface area (Å²) in [5.41, 5.74) is 0.273. The quantitative estimate of drug-likeness (QED) is 0.215. The molecule has 0 spiro atoms. The average Bonchev–Trinajstić information content (AvgIpc) is 3.23. The summed E-state index contributed by atoms with van der Waals surface area (Å²) in [4.78, 5) is 34.6. The summed E-state index contributed by atoms with van der Waals surface area (Å²) in [6.07, 6.45) is 0.671. The van der Waals surface area contributed by atoms with E-state index in [1.807, 2.05) is 49.3 Å². The molecule has 3 aromatic carbocycles. The summed E-state index contributed by atoms with van der Waals surface area (Å²) in [6, 6.07) is 17.3. The topological polar surface area (TPSA) is 66.7 Å². The van der Waals surface area contributed by atoms with Crippen molar-refractivity contribution in [2.24, 2.45) is 0 Å². The lowest BCUT2D eigenvalue weighted by molar-refractivity contribution is 0.0982. The second kappa shape index (κ2) is 10.1. The minimum absolute atomic E-state index is 0. The van der Waals surface area contributed by atoms with Crippen molar-refractivity contribution in [3.05, 3.63) is 82.5 Å². The van der Waals surface area contributed by atoms with Gasteiger partial charge in [0.05, 0.1) is 10.2 Å². The summed E-state index contributed by atoms with van der Waals surface area (Å²) in [6.45, 7) is 1.10. The zero-order chi connectivity index (χ0) is 23.8. The molecule has 5 aromatic rings. The average molecular weight is 512 g/mol. The van der Waals surface area contributed by atoms with E-state index in [2.05, 4.69) is 4.98 Å². The van der Waals surface area contributed by atoms with Crippen LogP contribution in [0, 0.1) is 5.82 Å². The van der Waals surface area contributed by atoms with Gasteiger partial charge in [0.1, 0.15) is 17.0 Å². The van der Waals surface area contributed by atoms with Crippen molar-refractivity contribution in [2.45, 2.75) is 6.42 Å². The van der Waals surface area contributed by atoms with Crippen molar-refractivity contribution in [1.29, 1.82) is 0 Å². The van der Waals surface area contributed by atoms with Gasteiger partial charge in [-0.3, -0.25) is 9.69 Å². The predicted molar refractivity (Wildman–Crippen MR) is 142 cm³/mol. The van der Waals surface area contributed by atoms with Crippen LogP contribution in [0.2, 0.25) is 0 Å². The maximum Gasteiger partial charge on any atom is 0.349 e. The van der Waals surface area contributed by atoms with E-state index in [1.54, 1.807) is 18.2 Å². The van der Waals surface area contributed by atoms with Gasteiger partial charge >= 0.3 is 5.63 Å². The summed E-state index contributed by atoms with van der Waals surface area (Å²) in [5, 5.41) is 2.99. The van der Waals surface area contributed by atoms with Crippen molar-refractivity contribution < 1.29 is 13.6 Å². The van der Waals surface area contributed by atoms with Crippen LogP contribution in [0.3, 0.4) is 0 Å². The number of rotatable bonds is 6. The lowest BCUT2D eigenvalue weighted by atomic mass is 10.0. The Morgan fingerprint density at radius 2 is 1.83 bits per heavy atom. The number of fused-ring (bicyclic) bond motifs is 4. The van der Waals surface area contributed by atoms with Gasteiger partial charge in [-0.2, -0.15) is 0 Å². The predicted octanol–water partition coefficient (Wildman–Crippen LogP) is 5.72. The molecular formula is C26H23ClFN3O3S. The Bertz CT molecular complexity index is 1600. The van der Waals surface area contributed by atoms with Gasteiger partial charge in [0.15, 0.2) is 5.13 Å². The third-order valence-corrected chi connectivity index (χ3v) is 6.72. The highest BCUT2D eigenvalue weighted by Crippen LogP contribution is 2.31.